The van der Waals surface area contributed by atoms with Crippen LogP contribution >= 0.6 is 0 Å². The molecule has 5 nitrogen and oxygen atoms in total. The van der Waals surface area contributed by atoms with Gasteiger partial charge in [-0.25, -0.2) is 4.98 Å². The molecule has 21 heavy (non-hydrogen) atoms. The van der Waals surface area contributed by atoms with Gasteiger partial charge in [0.2, 0.25) is 5.78 Å². The number of phenols is 1. The molecule has 3 N–H and O–H groups in total. The van der Waals surface area contributed by atoms with Gasteiger partial charge in [0.05, 0.1) is 6.20 Å². The molecule has 0 amide bonds. The number of ether oxygens (including phenoxy) is 1. The Morgan fingerprint density at radius 2 is 1.90 bits per heavy atom. The normalized spacial score (nSPS) is 20.6. The van der Waals surface area contributed by atoms with Crippen LogP contribution in [0.25, 0.3) is 0 Å². The maximum absolute atomic E-state index is 12.2. The largest absolute Gasteiger partial charge is 0.508 e. The van der Waals surface area contributed by atoms with Crippen LogP contribution in [0.2, 0.25) is 0 Å². The maximum Gasteiger partial charge on any atom is 0.211 e. The van der Waals surface area contributed by atoms with E-state index in [4.69, 9.17) is 10.5 Å². The van der Waals surface area contributed by atoms with Crippen LogP contribution in [0.15, 0.2) is 42.6 Å². The monoisotopic (exact) mass is 284 g/mol. The third-order valence-corrected chi connectivity index (χ3v) is 3.53. The first-order chi connectivity index (χ1) is 10.1. The minimum Gasteiger partial charge on any atom is -0.508 e. The van der Waals surface area contributed by atoms with Crippen molar-refractivity contribution >= 4 is 5.78 Å². The molecule has 3 rings (SSSR count). The fourth-order valence-electron chi connectivity index (χ4n) is 2.24. The highest BCUT2D eigenvalue weighted by molar-refractivity contribution is 6.07. The standard InChI is InChI=1S/C16H16N2O3/c17-11-7-14(8-11)21-13-5-6-15(18-9-13)16(20)10-1-3-12(19)4-2-10/h1-6,9,11,14,19H,7-8,17H2. The van der Waals surface area contributed by atoms with Crippen molar-refractivity contribution in [3.8, 4) is 11.5 Å². The number of pyridine rings is 1. The molecule has 108 valence electrons. The number of carbonyl (C=O) groups is 1. The Kier molecular flexibility index (Phi) is 3.58. The minimum absolute atomic E-state index is 0.127. The Morgan fingerprint density at radius 1 is 1.19 bits per heavy atom. The average Bonchev–Trinajstić information content (AvgIpc) is 2.46. The zero-order valence-electron chi connectivity index (χ0n) is 11.4. The number of nitrogens with zero attached hydrogens (tertiary/aromatic N) is 1. The van der Waals surface area contributed by atoms with E-state index >= 15 is 0 Å². The van der Waals surface area contributed by atoms with Gasteiger partial charge in [0.15, 0.2) is 0 Å². The zero-order valence-corrected chi connectivity index (χ0v) is 11.4. The number of carbonyl (C=O) groups excluding carboxylic acids is 1. The molecular formula is C16H16N2O3. The second-order valence-corrected chi connectivity index (χ2v) is 5.23. The minimum atomic E-state index is -0.188. The molecule has 1 heterocycles. The van der Waals surface area contributed by atoms with Gasteiger partial charge in [0.25, 0.3) is 0 Å². The maximum atomic E-state index is 12.2. The van der Waals surface area contributed by atoms with Crippen molar-refractivity contribution < 1.29 is 14.6 Å². The molecule has 0 spiro atoms. The van der Waals surface area contributed by atoms with Crippen LogP contribution in [0.4, 0.5) is 0 Å². The van der Waals surface area contributed by atoms with Crippen LogP contribution in [0.1, 0.15) is 28.9 Å². The SMILES string of the molecule is NC1CC(Oc2ccc(C(=O)c3ccc(O)cc3)nc2)C1. The van der Waals surface area contributed by atoms with Gasteiger partial charge in [-0.05, 0) is 49.2 Å². The zero-order chi connectivity index (χ0) is 14.8. The van der Waals surface area contributed by atoms with Crippen molar-refractivity contribution in [2.75, 3.05) is 0 Å². The van der Waals surface area contributed by atoms with Crippen molar-refractivity contribution in [3.63, 3.8) is 0 Å². The average molecular weight is 284 g/mol. The number of aromatic nitrogens is 1. The molecule has 1 aromatic heterocycles. The number of hydrogen-bond acceptors (Lipinski definition) is 5. The van der Waals surface area contributed by atoms with Gasteiger partial charge in [-0.2, -0.15) is 0 Å². The number of nitrogens with two attached hydrogens (primary N) is 1. The lowest BCUT2D eigenvalue weighted by Gasteiger charge is -2.32. The van der Waals surface area contributed by atoms with Crippen molar-refractivity contribution in [3.05, 3.63) is 53.9 Å². The first-order valence-electron chi connectivity index (χ1n) is 6.84. The first kappa shape index (κ1) is 13.6. The fraction of sp³-hybridized carbons (Fsp3) is 0.250. The Bertz CT molecular complexity index is 632. The van der Waals surface area contributed by atoms with Crippen LogP contribution in [0.5, 0.6) is 11.5 Å². The second kappa shape index (κ2) is 5.54. The Balaban J connectivity index is 1.68. The van der Waals surface area contributed by atoms with E-state index in [1.807, 2.05) is 0 Å². The lowest BCUT2D eigenvalue weighted by Crippen LogP contribution is -2.43. The highest BCUT2D eigenvalue weighted by Gasteiger charge is 2.27. The molecule has 1 aliphatic carbocycles. The number of aromatic hydroxyl groups is 1. The highest BCUT2D eigenvalue weighted by atomic mass is 16.5. The summed E-state index contributed by atoms with van der Waals surface area (Å²) in [6, 6.07) is 9.71. The van der Waals surface area contributed by atoms with E-state index in [9.17, 15) is 9.90 Å². The van der Waals surface area contributed by atoms with Gasteiger partial charge in [0, 0.05) is 11.6 Å². The summed E-state index contributed by atoms with van der Waals surface area (Å²) in [6.07, 6.45) is 3.42. The molecule has 0 atom stereocenters. The lowest BCUT2D eigenvalue weighted by molar-refractivity contribution is 0.100. The molecular weight excluding hydrogens is 268 g/mol. The molecule has 0 radical (unpaired) electrons. The van der Waals surface area contributed by atoms with Crippen molar-refractivity contribution in [2.24, 2.45) is 5.73 Å². The fourth-order valence-corrected chi connectivity index (χ4v) is 2.24. The Hall–Kier alpha value is -2.40. The predicted molar refractivity (Wildman–Crippen MR) is 77.4 cm³/mol. The molecule has 1 saturated carbocycles. The molecule has 1 fully saturated rings. The van der Waals surface area contributed by atoms with E-state index in [1.165, 1.54) is 12.1 Å². The van der Waals surface area contributed by atoms with Crippen LogP contribution in [-0.4, -0.2) is 28.0 Å². The molecule has 0 aliphatic heterocycles. The number of benzene rings is 1. The van der Waals surface area contributed by atoms with Crippen LogP contribution < -0.4 is 10.5 Å². The van der Waals surface area contributed by atoms with Crippen molar-refractivity contribution in [2.45, 2.75) is 25.0 Å². The molecule has 5 heteroatoms. The van der Waals surface area contributed by atoms with E-state index in [2.05, 4.69) is 4.98 Å². The van der Waals surface area contributed by atoms with Crippen molar-refractivity contribution in [1.29, 1.82) is 0 Å². The number of ketones is 1. The summed E-state index contributed by atoms with van der Waals surface area (Å²) in [7, 11) is 0. The van der Waals surface area contributed by atoms with Gasteiger partial charge in [-0.3, -0.25) is 4.79 Å². The van der Waals surface area contributed by atoms with Gasteiger partial charge in [-0.15, -0.1) is 0 Å². The number of phenolic OH excluding ortho intramolecular Hbond substituents is 1. The molecule has 0 saturated heterocycles. The Labute approximate surface area is 122 Å². The highest BCUT2D eigenvalue weighted by Crippen LogP contribution is 2.24. The topological polar surface area (TPSA) is 85.4 Å². The van der Waals surface area contributed by atoms with Gasteiger partial charge < -0.3 is 15.6 Å². The first-order valence-corrected chi connectivity index (χ1v) is 6.84. The smallest absolute Gasteiger partial charge is 0.211 e. The van der Waals surface area contributed by atoms with Crippen LogP contribution in [0.3, 0.4) is 0 Å². The summed E-state index contributed by atoms with van der Waals surface area (Å²) < 4.78 is 5.69. The van der Waals surface area contributed by atoms with E-state index in [0.29, 0.717) is 17.0 Å². The number of rotatable bonds is 4. The molecule has 0 bridgehead atoms. The van der Waals surface area contributed by atoms with E-state index in [0.717, 1.165) is 12.8 Å². The summed E-state index contributed by atoms with van der Waals surface area (Å²) in [4.78, 5) is 16.3. The van der Waals surface area contributed by atoms with Crippen LogP contribution in [-0.2, 0) is 0 Å². The van der Waals surface area contributed by atoms with Crippen LogP contribution in [0, 0.1) is 0 Å². The summed E-state index contributed by atoms with van der Waals surface area (Å²) in [5.41, 5.74) is 6.53. The third kappa shape index (κ3) is 3.03. The lowest BCUT2D eigenvalue weighted by atomic mass is 9.90. The summed E-state index contributed by atoms with van der Waals surface area (Å²) >= 11 is 0. The summed E-state index contributed by atoms with van der Waals surface area (Å²) in [6.45, 7) is 0. The summed E-state index contributed by atoms with van der Waals surface area (Å²) in [5.74, 6) is 0.586. The molecule has 2 aromatic rings. The second-order valence-electron chi connectivity index (χ2n) is 5.23. The molecule has 1 aliphatic rings. The van der Waals surface area contributed by atoms with Gasteiger partial charge >= 0.3 is 0 Å². The van der Waals surface area contributed by atoms with Gasteiger partial charge in [0.1, 0.15) is 23.3 Å². The predicted octanol–water partition coefficient (Wildman–Crippen LogP) is 1.89. The molecule has 1 aromatic carbocycles. The van der Waals surface area contributed by atoms with E-state index < -0.39 is 0 Å². The van der Waals surface area contributed by atoms with Crippen molar-refractivity contribution in [1.82, 2.24) is 4.98 Å². The van der Waals surface area contributed by atoms with Gasteiger partial charge in [-0.1, -0.05) is 0 Å². The molecule has 0 unspecified atom stereocenters. The third-order valence-electron chi connectivity index (χ3n) is 3.53. The Morgan fingerprint density at radius 3 is 2.48 bits per heavy atom. The number of hydrogen-bond donors (Lipinski definition) is 2. The summed E-state index contributed by atoms with van der Waals surface area (Å²) in [5, 5.41) is 9.22. The van der Waals surface area contributed by atoms with E-state index in [1.54, 1.807) is 30.5 Å². The quantitative estimate of drug-likeness (QED) is 0.837. The van der Waals surface area contributed by atoms with E-state index in [-0.39, 0.29) is 23.7 Å².